The van der Waals surface area contributed by atoms with Gasteiger partial charge in [-0.05, 0) is 39.0 Å². The van der Waals surface area contributed by atoms with Crippen LogP contribution < -0.4 is 5.32 Å². The summed E-state index contributed by atoms with van der Waals surface area (Å²) in [6.07, 6.45) is 5.96. The third kappa shape index (κ3) is 2.14. The topological polar surface area (TPSA) is 32.3 Å². The third-order valence-corrected chi connectivity index (χ3v) is 2.97. The fraction of sp³-hybridized carbons (Fsp3) is 0.900. The van der Waals surface area contributed by atoms with Gasteiger partial charge in [0.25, 0.3) is 0 Å². The summed E-state index contributed by atoms with van der Waals surface area (Å²) in [7, 11) is 0. The van der Waals surface area contributed by atoms with Crippen LogP contribution >= 0.6 is 0 Å². The van der Waals surface area contributed by atoms with Gasteiger partial charge in [-0.3, -0.25) is 0 Å². The van der Waals surface area contributed by atoms with E-state index in [4.69, 9.17) is 0 Å². The van der Waals surface area contributed by atoms with Crippen LogP contribution in [0.5, 0.6) is 0 Å². The van der Waals surface area contributed by atoms with E-state index in [0.29, 0.717) is 12.1 Å². The Morgan fingerprint density at radius 1 is 1.31 bits per heavy atom. The van der Waals surface area contributed by atoms with Crippen LogP contribution in [0.2, 0.25) is 0 Å². The van der Waals surface area contributed by atoms with Gasteiger partial charge in [0.05, 0.1) is 0 Å². The SMILES string of the molecule is CC1CCCCN1C(=O)NC1CC1. The number of carbonyl (C=O) groups excluding carboxylic acids is 1. The summed E-state index contributed by atoms with van der Waals surface area (Å²) in [5.74, 6) is 0. The zero-order chi connectivity index (χ0) is 9.26. The lowest BCUT2D eigenvalue weighted by molar-refractivity contribution is 0.158. The summed E-state index contributed by atoms with van der Waals surface area (Å²) in [6, 6.07) is 1.09. The van der Waals surface area contributed by atoms with E-state index < -0.39 is 0 Å². The minimum absolute atomic E-state index is 0.162. The first kappa shape index (κ1) is 8.85. The number of rotatable bonds is 1. The molecule has 0 aromatic rings. The molecular formula is C10H18N2O. The number of nitrogens with one attached hydrogen (secondary N) is 1. The number of likely N-dealkylation sites (tertiary alicyclic amines) is 1. The highest BCUT2D eigenvalue weighted by atomic mass is 16.2. The number of urea groups is 1. The van der Waals surface area contributed by atoms with Gasteiger partial charge in [0.15, 0.2) is 0 Å². The summed E-state index contributed by atoms with van der Waals surface area (Å²) < 4.78 is 0. The number of nitrogens with zero attached hydrogens (tertiary/aromatic N) is 1. The van der Waals surface area contributed by atoms with E-state index in [2.05, 4.69) is 12.2 Å². The van der Waals surface area contributed by atoms with Crippen molar-refractivity contribution in [3.8, 4) is 0 Å². The van der Waals surface area contributed by atoms with Crippen LogP contribution in [0.1, 0.15) is 39.0 Å². The van der Waals surface area contributed by atoms with Crippen molar-refractivity contribution in [2.45, 2.75) is 51.1 Å². The molecule has 0 bridgehead atoms. The van der Waals surface area contributed by atoms with Crippen molar-refractivity contribution >= 4 is 6.03 Å². The van der Waals surface area contributed by atoms with E-state index in [-0.39, 0.29) is 6.03 Å². The number of amides is 2. The smallest absolute Gasteiger partial charge is 0.317 e. The summed E-state index contributed by atoms with van der Waals surface area (Å²) in [5, 5.41) is 3.04. The molecule has 1 saturated heterocycles. The molecule has 1 atom stereocenters. The second kappa shape index (κ2) is 3.56. The van der Waals surface area contributed by atoms with Gasteiger partial charge >= 0.3 is 6.03 Å². The highest BCUT2D eigenvalue weighted by molar-refractivity contribution is 5.75. The molecule has 0 radical (unpaired) electrons. The molecule has 1 aliphatic carbocycles. The first-order chi connectivity index (χ1) is 6.27. The summed E-state index contributed by atoms with van der Waals surface area (Å²) in [4.78, 5) is 13.7. The average Bonchev–Trinajstić information content (AvgIpc) is 2.89. The lowest BCUT2D eigenvalue weighted by Crippen LogP contribution is -2.48. The molecule has 0 aromatic heterocycles. The van der Waals surface area contributed by atoms with E-state index in [9.17, 15) is 4.79 Å². The third-order valence-electron chi connectivity index (χ3n) is 2.97. The Hall–Kier alpha value is -0.730. The molecule has 3 heteroatoms. The monoisotopic (exact) mass is 182 g/mol. The number of carbonyl (C=O) groups is 1. The van der Waals surface area contributed by atoms with E-state index in [0.717, 1.165) is 13.0 Å². The zero-order valence-electron chi connectivity index (χ0n) is 8.25. The normalized spacial score (nSPS) is 28.7. The van der Waals surface area contributed by atoms with Gasteiger partial charge in [-0.25, -0.2) is 4.79 Å². The van der Waals surface area contributed by atoms with Gasteiger partial charge in [-0.2, -0.15) is 0 Å². The van der Waals surface area contributed by atoms with Crippen LogP contribution in [0.25, 0.3) is 0 Å². The first-order valence-electron chi connectivity index (χ1n) is 5.34. The number of hydrogen-bond donors (Lipinski definition) is 1. The minimum atomic E-state index is 0.162. The fourth-order valence-electron chi connectivity index (χ4n) is 1.89. The maximum Gasteiger partial charge on any atom is 0.317 e. The van der Waals surface area contributed by atoms with Crippen molar-refractivity contribution in [3.05, 3.63) is 0 Å². The Morgan fingerprint density at radius 2 is 2.08 bits per heavy atom. The molecule has 74 valence electrons. The molecule has 3 nitrogen and oxygen atoms in total. The molecule has 2 amide bonds. The van der Waals surface area contributed by atoms with Gasteiger partial charge < -0.3 is 10.2 Å². The van der Waals surface area contributed by atoms with Crippen molar-refractivity contribution in [2.24, 2.45) is 0 Å². The standard InChI is InChI=1S/C10H18N2O/c1-8-4-2-3-7-12(8)10(13)11-9-5-6-9/h8-9H,2-7H2,1H3,(H,11,13). The zero-order valence-corrected chi connectivity index (χ0v) is 8.25. The minimum Gasteiger partial charge on any atom is -0.335 e. The predicted molar refractivity (Wildman–Crippen MR) is 51.6 cm³/mol. The van der Waals surface area contributed by atoms with Gasteiger partial charge in [-0.15, -0.1) is 0 Å². The lowest BCUT2D eigenvalue weighted by Gasteiger charge is -2.33. The molecule has 0 spiro atoms. The van der Waals surface area contributed by atoms with Crippen LogP contribution in [0.4, 0.5) is 4.79 Å². The highest BCUT2D eigenvalue weighted by Gasteiger charge is 2.28. The summed E-state index contributed by atoms with van der Waals surface area (Å²) in [5.41, 5.74) is 0. The van der Waals surface area contributed by atoms with Crippen molar-refractivity contribution in [2.75, 3.05) is 6.54 Å². The molecule has 2 fully saturated rings. The molecule has 1 unspecified atom stereocenters. The van der Waals surface area contributed by atoms with E-state index >= 15 is 0 Å². The molecule has 1 N–H and O–H groups in total. The molecule has 1 aliphatic heterocycles. The number of piperidine rings is 1. The number of hydrogen-bond acceptors (Lipinski definition) is 1. The van der Waals surface area contributed by atoms with Crippen molar-refractivity contribution < 1.29 is 4.79 Å². The molecular weight excluding hydrogens is 164 g/mol. The molecule has 2 rings (SSSR count). The maximum atomic E-state index is 11.7. The molecule has 1 heterocycles. The highest BCUT2D eigenvalue weighted by Crippen LogP contribution is 2.21. The van der Waals surface area contributed by atoms with Crippen molar-refractivity contribution in [1.29, 1.82) is 0 Å². The summed E-state index contributed by atoms with van der Waals surface area (Å²) in [6.45, 7) is 3.09. The van der Waals surface area contributed by atoms with Gasteiger partial charge in [0, 0.05) is 18.6 Å². The van der Waals surface area contributed by atoms with Crippen LogP contribution in [0, 0.1) is 0 Å². The van der Waals surface area contributed by atoms with Gasteiger partial charge in [-0.1, -0.05) is 0 Å². The Morgan fingerprint density at radius 3 is 2.69 bits per heavy atom. The second-order valence-corrected chi connectivity index (χ2v) is 4.26. The molecule has 0 aromatic carbocycles. The lowest BCUT2D eigenvalue weighted by atomic mass is 10.0. The Balaban J connectivity index is 1.85. The van der Waals surface area contributed by atoms with Crippen molar-refractivity contribution in [3.63, 3.8) is 0 Å². The largest absolute Gasteiger partial charge is 0.335 e. The quantitative estimate of drug-likeness (QED) is 0.658. The van der Waals surface area contributed by atoms with Gasteiger partial charge in [0.2, 0.25) is 0 Å². The molecule has 13 heavy (non-hydrogen) atoms. The van der Waals surface area contributed by atoms with E-state index in [1.54, 1.807) is 0 Å². The Bertz CT molecular complexity index is 201. The predicted octanol–water partition coefficient (Wildman–Crippen LogP) is 1.73. The van der Waals surface area contributed by atoms with Crippen LogP contribution in [-0.2, 0) is 0 Å². The Kier molecular flexibility index (Phi) is 2.42. The van der Waals surface area contributed by atoms with Gasteiger partial charge in [0.1, 0.15) is 0 Å². The fourth-order valence-corrected chi connectivity index (χ4v) is 1.89. The maximum absolute atomic E-state index is 11.7. The second-order valence-electron chi connectivity index (χ2n) is 4.26. The Labute approximate surface area is 79.5 Å². The summed E-state index contributed by atoms with van der Waals surface area (Å²) >= 11 is 0. The van der Waals surface area contributed by atoms with Crippen LogP contribution in [0.3, 0.4) is 0 Å². The molecule has 2 aliphatic rings. The van der Waals surface area contributed by atoms with Crippen LogP contribution in [0.15, 0.2) is 0 Å². The van der Waals surface area contributed by atoms with E-state index in [1.165, 1.54) is 25.7 Å². The molecule has 1 saturated carbocycles. The van der Waals surface area contributed by atoms with E-state index in [1.807, 2.05) is 4.90 Å². The average molecular weight is 182 g/mol. The van der Waals surface area contributed by atoms with Crippen LogP contribution in [-0.4, -0.2) is 29.6 Å². The van der Waals surface area contributed by atoms with Crippen molar-refractivity contribution in [1.82, 2.24) is 10.2 Å². The first-order valence-corrected chi connectivity index (χ1v) is 5.34.